The van der Waals surface area contributed by atoms with E-state index < -0.39 is 0 Å². The van der Waals surface area contributed by atoms with Crippen LogP contribution in [0.5, 0.6) is 0 Å². The molecule has 4 heterocycles. The molecule has 0 aliphatic heterocycles. The standard InChI is InChI=1S/C54H34O3S/c1-3-12-33(4-2)35-19-23-48-41(27-35)39-15-8-9-16-40-46-31-45-44-30-38(22-26-51(44)57-52(45)32-54(46)58-53(40)18-11-10-17-47(39)55-48)37-21-25-50-43(29-37)42-28-36(20-24-49(42)56-50)34-13-6-5-7-14-34/h3-32H,1-2H2/b9-8?,11-10?,15-8+,16-9+,17-10-,18-11-,33-12+,39-15?,40-16?,47-17?,53-18?. The zero-order valence-electron chi connectivity index (χ0n) is 31.4. The van der Waals surface area contributed by atoms with Gasteiger partial charge in [0.15, 0.2) is 0 Å². The van der Waals surface area contributed by atoms with E-state index in [1.165, 1.54) is 31.7 Å². The first-order valence-electron chi connectivity index (χ1n) is 19.3. The van der Waals surface area contributed by atoms with Gasteiger partial charge in [-0.1, -0.05) is 122 Å². The number of hydrogen-bond donors (Lipinski definition) is 0. The number of rotatable bonds is 5. The van der Waals surface area contributed by atoms with Crippen LogP contribution in [-0.2, 0) is 0 Å². The third-order valence-electron chi connectivity index (χ3n) is 11.1. The van der Waals surface area contributed by atoms with Gasteiger partial charge in [-0.25, -0.2) is 0 Å². The minimum Gasteiger partial charge on any atom is -0.456 e. The van der Waals surface area contributed by atoms with Crippen LogP contribution in [0.25, 0.3) is 117 Å². The molecule has 0 N–H and O–H groups in total. The first-order valence-corrected chi connectivity index (χ1v) is 20.1. The molecular formula is C54H34O3S. The second-order valence-electron chi connectivity index (χ2n) is 14.5. The Hall–Kier alpha value is -7.40. The molecule has 0 radical (unpaired) electrons. The summed E-state index contributed by atoms with van der Waals surface area (Å²) >= 11 is 1.77. The normalized spacial score (nSPS) is 15.3. The molecule has 6 aromatic carbocycles. The molecule has 0 unspecified atom stereocenters. The Labute approximate surface area is 338 Å². The predicted octanol–water partition coefficient (Wildman–Crippen LogP) is 16.3. The minimum absolute atomic E-state index is 0.813. The van der Waals surface area contributed by atoms with E-state index in [0.29, 0.717) is 0 Å². The second-order valence-corrected chi connectivity index (χ2v) is 15.6. The average Bonchev–Trinajstić information content (AvgIpc) is 4.00. The van der Waals surface area contributed by atoms with Crippen LogP contribution >= 0.6 is 11.3 Å². The average molecular weight is 763 g/mol. The Bertz CT molecular complexity index is 3480. The largest absolute Gasteiger partial charge is 0.456 e. The van der Waals surface area contributed by atoms with Crippen molar-refractivity contribution in [3.63, 3.8) is 0 Å². The van der Waals surface area contributed by atoms with Gasteiger partial charge in [0.1, 0.15) is 33.7 Å². The molecule has 1 aliphatic carbocycles. The third-order valence-corrected chi connectivity index (χ3v) is 12.2. The third kappa shape index (κ3) is 5.65. The van der Waals surface area contributed by atoms with Crippen LogP contribution < -0.4 is 0 Å². The Balaban J connectivity index is 0.985. The zero-order chi connectivity index (χ0) is 38.7. The summed E-state index contributed by atoms with van der Waals surface area (Å²) in [5.74, 6) is 0.813. The number of allylic oxidation sites excluding steroid dienone is 8. The molecule has 274 valence electrons. The summed E-state index contributed by atoms with van der Waals surface area (Å²) in [5, 5.41) is 6.65. The predicted molar refractivity (Wildman–Crippen MR) is 248 cm³/mol. The molecule has 3 nitrogen and oxygen atoms in total. The van der Waals surface area contributed by atoms with Crippen molar-refractivity contribution >= 4 is 106 Å². The SMILES string of the molecule is C=C/C=C(\C=C)c1ccc2oc3c(c2c1)/C=C/C=C/c1c(sc2cc4oc5ccc(-c6ccc7oc8ccc(-c9ccccc9)cc8c7c6)cc5c4cc12)/C=C\C=C/3. The lowest BCUT2D eigenvalue weighted by Gasteiger charge is -2.03. The topological polar surface area (TPSA) is 39.4 Å². The molecule has 4 aromatic heterocycles. The molecule has 1 aliphatic rings. The number of benzene rings is 6. The van der Waals surface area contributed by atoms with Crippen LogP contribution in [0.1, 0.15) is 27.3 Å². The first-order chi connectivity index (χ1) is 28.6. The lowest BCUT2D eigenvalue weighted by molar-refractivity contribution is 0.603. The van der Waals surface area contributed by atoms with Gasteiger partial charge < -0.3 is 13.3 Å². The molecule has 0 bridgehead atoms. The summed E-state index contributed by atoms with van der Waals surface area (Å²) in [4.78, 5) is 1.18. The van der Waals surface area contributed by atoms with Crippen molar-refractivity contribution in [1.29, 1.82) is 0 Å². The number of hydrogen-bond acceptors (Lipinski definition) is 4. The van der Waals surface area contributed by atoms with E-state index in [2.05, 4.69) is 159 Å². The van der Waals surface area contributed by atoms with E-state index >= 15 is 0 Å². The van der Waals surface area contributed by atoms with Crippen molar-refractivity contribution in [2.45, 2.75) is 0 Å². The van der Waals surface area contributed by atoms with Crippen molar-refractivity contribution in [2.24, 2.45) is 0 Å². The van der Waals surface area contributed by atoms with Gasteiger partial charge in [-0.3, -0.25) is 0 Å². The highest BCUT2D eigenvalue weighted by molar-refractivity contribution is 7.20. The van der Waals surface area contributed by atoms with Crippen LogP contribution in [0.4, 0.5) is 0 Å². The molecule has 58 heavy (non-hydrogen) atoms. The van der Waals surface area contributed by atoms with Gasteiger partial charge in [0, 0.05) is 53.0 Å². The number of fused-ring (bicyclic) bond motifs is 12. The fourth-order valence-electron chi connectivity index (χ4n) is 8.26. The van der Waals surface area contributed by atoms with Crippen molar-refractivity contribution in [3.8, 4) is 22.3 Å². The van der Waals surface area contributed by atoms with Gasteiger partial charge in [-0.05, 0) is 106 Å². The van der Waals surface area contributed by atoms with Crippen LogP contribution in [0.3, 0.4) is 0 Å². The second kappa shape index (κ2) is 13.7. The summed E-state index contributed by atoms with van der Waals surface area (Å²) in [6, 6.07) is 40.7. The van der Waals surface area contributed by atoms with Crippen LogP contribution in [0.15, 0.2) is 184 Å². The summed E-state index contributed by atoms with van der Waals surface area (Å²) in [6.07, 6.45) is 22.5. The van der Waals surface area contributed by atoms with Crippen molar-refractivity contribution < 1.29 is 13.3 Å². The summed E-state index contributed by atoms with van der Waals surface area (Å²) in [6.45, 7) is 7.86. The van der Waals surface area contributed by atoms with Gasteiger partial charge in [-0.15, -0.1) is 11.3 Å². The van der Waals surface area contributed by atoms with Crippen LogP contribution in [-0.4, -0.2) is 0 Å². The van der Waals surface area contributed by atoms with E-state index in [9.17, 15) is 0 Å². The summed E-state index contributed by atoms with van der Waals surface area (Å²) in [7, 11) is 0. The highest BCUT2D eigenvalue weighted by Gasteiger charge is 2.17. The Kier molecular flexibility index (Phi) is 7.98. The maximum Gasteiger partial charge on any atom is 0.136 e. The molecule has 0 saturated carbocycles. The van der Waals surface area contributed by atoms with Crippen molar-refractivity contribution in [3.05, 3.63) is 198 Å². The molecule has 0 atom stereocenters. The molecule has 4 heteroatoms. The molecule has 0 amide bonds. The van der Waals surface area contributed by atoms with Gasteiger partial charge in [0.25, 0.3) is 0 Å². The van der Waals surface area contributed by atoms with E-state index in [1.54, 1.807) is 17.4 Å². The summed E-state index contributed by atoms with van der Waals surface area (Å²) < 4.78 is 20.3. The highest BCUT2D eigenvalue weighted by atomic mass is 32.1. The van der Waals surface area contributed by atoms with Gasteiger partial charge in [-0.2, -0.15) is 0 Å². The smallest absolute Gasteiger partial charge is 0.136 e. The molecule has 0 spiro atoms. The van der Waals surface area contributed by atoms with Gasteiger partial charge in [0.05, 0.1) is 0 Å². The van der Waals surface area contributed by atoms with E-state index in [1.807, 2.05) is 30.4 Å². The Morgan fingerprint density at radius 1 is 0.466 bits per heavy atom. The Morgan fingerprint density at radius 3 is 1.74 bits per heavy atom. The van der Waals surface area contributed by atoms with E-state index in [0.717, 1.165) is 88.4 Å². The monoisotopic (exact) mass is 762 g/mol. The molecule has 11 rings (SSSR count). The quantitative estimate of drug-likeness (QED) is 0.164. The molecular weight excluding hydrogens is 729 g/mol. The maximum atomic E-state index is 6.49. The lowest BCUT2D eigenvalue weighted by atomic mass is 9.99. The molecule has 0 fully saturated rings. The van der Waals surface area contributed by atoms with Gasteiger partial charge in [0.2, 0.25) is 0 Å². The number of thiophene rings is 1. The van der Waals surface area contributed by atoms with Crippen molar-refractivity contribution in [2.75, 3.05) is 0 Å². The fraction of sp³-hybridized carbons (Fsp3) is 0. The van der Waals surface area contributed by atoms with Crippen LogP contribution in [0, 0.1) is 0 Å². The van der Waals surface area contributed by atoms with Gasteiger partial charge >= 0.3 is 0 Å². The lowest BCUT2D eigenvalue weighted by Crippen LogP contribution is -1.81. The Morgan fingerprint density at radius 2 is 1.05 bits per heavy atom. The maximum absolute atomic E-state index is 6.49. The molecule has 10 aromatic rings. The number of furan rings is 3. The zero-order valence-corrected chi connectivity index (χ0v) is 32.2. The first kappa shape index (κ1) is 33.9. The summed E-state index contributed by atoms with van der Waals surface area (Å²) in [5.41, 5.74) is 13.3. The molecule has 0 saturated heterocycles. The highest BCUT2D eigenvalue weighted by Crippen LogP contribution is 2.42. The van der Waals surface area contributed by atoms with Crippen molar-refractivity contribution in [1.82, 2.24) is 0 Å². The fourth-order valence-corrected chi connectivity index (χ4v) is 9.37. The minimum atomic E-state index is 0.813. The van der Waals surface area contributed by atoms with Crippen LogP contribution in [0.2, 0.25) is 0 Å². The van der Waals surface area contributed by atoms with E-state index in [-0.39, 0.29) is 0 Å². The van der Waals surface area contributed by atoms with E-state index in [4.69, 9.17) is 13.3 Å².